The highest BCUT2D eigenvalue weighted by atomic mass is 16.5. The molecule has 0 bridgehead atoms. The highest BCUT2D eigenvalue weighted by molar-refractivity contribution is 5.83. The third-order valence-electron chi connectivity index (χ3n) is 3.96. The van der Waals surface area contributed by atoms with Crippen molar-refractivity contribution in [2.45, 2.75) is 40.5 Å². The minimum Gasteiger partial charge on any atom is -0.481 e. The third kappa shape index (κ3) is 4.78. The fourth-order valence-corrected chi connectivity index (χ4v) is 2.31. The maximum atomic E-state index is 12.4. The van der Waals surface area contributed by atoms with Gasteiger partial charge in [-0.15, -0.1) is 0 Å². The van der Waals surface area contributed by atoms with Gasteiger partial charge in [0, 0.05) is 32.2 Å². The van der Waals surface area contributed by atoms with Crippen LogP contribution in [0.15, 0.2) is 0 Å². The van der Waals surface area contributed by atoms with Gasteiger partial charge in [-0.3, -0.25) is 9.59 Å². The molecule has 1 rings (SSSR count). The summed E-state index contributed by atoms with van der Waals surface area (Å²) in [5.74, 6) is -1.24. The van der Waals surface area contributed by atoms with Crippen LogP contribution in [0.4, 0.5) is 0 Å². The van der Waals surface area contributed by atoms with Gasteiger partial charge >= 0.3 is 5.97 Å². The second-order valence-corrected chi connectivity index (χ2v) is 6.32. The standard InChI is InChI=1S/C15H27NO4/c1-5-20-8-6-7-16(10-11(2)14(18)19)13(17)12-9-15(12,3)4/h11-12H,5-10H2,1-4H3,(H,18,19)/t11?,12-/m1/s1. The van der Waals surface area contributed by atoms with Crippen LogP contribution in [0, 0.1) is 17.3 Å². The molecule has 0 heterocycles. The number of hydrogen-bond acceptors (Lipinski definition) is 3. The van der Waals surface area contributed by atoms with Gasteiger partial charge in [-0.1, -0.05) is 20.8 Å². The minimum atomic E-state index is -0.859. The van der Waals surface area contributed by atoms with E-state index in [1.165, 1.54) is 0 Å². The Morgan fingerprint density at radius 2 is 2.05 bits per heavy atom. The van der Waals surface area contributed by atoms with Crippen molar-refractivity contribution in [1.29, 1.82) is 0 Å². The third-order valence-corrected chi connectivity index (χ3v) is 3.96. The van der Waals surface area contributed by atoms with Crippen molar-refractivity contribution in [1.82, 2.24) is 4.90 Å². The summed E-state index contributed by atoms with van der Waals surface area (Å²) in [5, 5.41) is 9.02. The van der Waals surface area contributed by atoms with Gasteiger partial charge < -0.3 is 14.7 Å². The zero-order chi connectivity index (χ0) is 15.3. The number of amides is 1. The fraction of sp³-hybridized carbons (Fsp3) is 0.867. The van der Waals surface area contributed by atoms with E-state index in [-0.39, 0.29) is 23.8 Å². The van der Waals surface area contributed by atoms with Gasteiger partial charge in [0.05, 0.1) is 5.92 Å². The van der Waals surface area contributed by atoms with Gasteiger partial charge in [-0.25, -0.2) is 0 Å². The van der Waals surface area contributed by atoms with E-state index >= 15 is 0 Å². The summed E-state index contributed by atoms with van der Waals surface area (Å²) in [6.07, 6.45) is 1.65. The molecule has 5 heteroatoms. The quantitative estimate of drug-likeness (QED) is 0.658. The summed E-state index contributed by atoms with van der Waals surface area (Å²) in [6.45, 7) is 9.86. The molecular weight excluding hydrogens is 258 g/mol. The maximum Gasteiger partial charge on any atom is 0.308 e. The van der Waals surface area contributed by atoms with Crippen molar-refractivity contribution < 1.29 is 19.4 Å². The zero-order valence-electron chi connectivity index (χ0n) is 13.0. The van der Waals surface area contributed by atoms with Crippen LogP contribution in [0.2, 0.25) is 0 Å². The van der Waals surface area contributed by atoms with E-state index in [1.807, 2.05) is 6.92 Å². The SMILES string of the molecule is CCOCCCN(CC(C)C(=O)O)C(=O)[C@H]1CC1(C)C. The Morgan fingerprint density at radius 3 is 2.50 bits per heavy atom. The first-order valence-corrected chi connectivity index (χ1v) is 7.39. The number of carboxylic acids is 1. The van der Waals surface area contributed by atoms with Crippen LogP contribution < -0.4 is 0 Å². The Balaban J connectivity index is 2.54. The fourth-order valence-electron chi connectivity index (χ4n) is 2.31. The predicted molar refractivity (Wildman–Crippen MR) is 76.4 cm³/mol. The molecule has 1 aliphatic rings. The second kappa shape index (κ2) is 7.07. The summed E-state index contributed by atoms with van der Waals surface area (Å²) in [5.41, 5.74) is 0.0711. The minimum absolute atomic E-state index is 0.0515. The lowest BCUT2D eigenvalue weighted by Gasteiger charge is -2.25. The average molecular weight is 285 g/mol. The van der Waals surface area contributed by atoms with E-state index in [0.717, 1.165) is 12.8 Å². The lowest BCUT2D eigenvalue weighted by molar-refractivity contribution is -0.143. The molecule has 0 aromatic carbocycles. The first kappa shape index (κ1) is 17.0. The largest absolute Gasteiger partial charge is 0.481 e. The number of carboxylic acid groups (broad SMARTS) is 1. The number of aliphatic carboxylic acids is 1. The highest BCUT2D eigenvalue weighted by Gasteiger charge is 2.51. The number of carbonyl (C=O) groups excluding carboxylic acids is 1. The second-order valence-electron chi connectivity index (χ2n) is 6.32. The molecule has 1 saturated carbocycles. The van der Waals surface area contributed by atoms with Gasteiger partial charge in [0.2, 0.25) is 5.91 Å². The maximum absolute atomic E-state index is 12.4. The van der Waals surface area contributed by atoms with E-state index in [2.05, 4.69) is 13.8 Å². The Morgan fingerprint density at radius 1 is 1.45 bits per heavy atom. The molecule has 1 amide bonds. The molecule has 5 nitrogen and oxygen atoms in total. The number of carbonyl (C=O) groups is 2. The summed E-state index contributed by atoms with van der Waals surface area (Å²) in [7, 11) is 0. The van der Waals surface area contributed by atoms with E-state index < -0.39 is 11.9 Å². The van der Waals surface area contributed by atoms with E-state index in [1.54, 1.807) is 11.8 Å². The van der Waals surface area contributed by atoms with Crippen LogP contribution >= 0.6 is 0 Å². The van der Waals surface area contributed by atoms with Crippen molar-refractivity contribution in [3.05, 3.63) is 0 Å². The number of rotatable bonds is 9. The van der Waals surface area contributed by atoms with Gasteiger partial charge in [-0.05, 0) is 25.2 Å². The van der Waals surface area contributed by atoms with Crippen LogP contribution in [0.3, 0.4) is 0 Å². The van der Waals surface area contributed by atoms with Gasteiger partial charge in [0.15, 0.2) is 0 Å². The molecule has 20 heavy (non-hydrogen) atoms. The average Bonchev–Trinajstić information content (AvgIpc) is 3.01. The molecule has 0 aliphatic heterocycles. The Hall–Kier alpha value is -1.10. The summed E-state index contributed by atoms with van der Waals surface area (Å²) in [6, 6.07) is 0. The Bertz CT molecular complexity index is 354. The Labute approximate surface area is 121 Å². The molecule has 0 aromatic heterocycles. The first-order valence-electron chi connectivity index (χ1n) is 7.39. The van der Waals surface area contributed by atoms with Crippen LogP contribution in [-0.4, -0.2) is 48.2 Å². The molecule has 0 spiro atoms. The lowest BCUT2D eigenvalue weighted by Crippen LogP contribution is -2.39. The highest BCUT2D eigenvalue weighted by Crippen LogP contribution is 2.52. The van der Waals surface area contributed by atoms with Gasteiger partial charge in [-0.2, -0.15) is 0 Å². The molecule has 0 saturated heterocycles. The molecule has 1 fully saturated rings. The molecule has 2 atom stereocenters. The van der Waals surface area contributed by atoms with E-state index in [0.29, 0.717) is 19.8 Å². The van der Waals surface area contributed by atoms with Crippen LogP contribution in [0.1, 0.15) is 40.5 Å². The van der Waals surface area contributed by atoms with Crippen molar-refractivity contribution in [2.24, 2.45) is 17.3 Å². The molecule has 1 unspecified atom stereocenters. The number of hydrogen-bond donors (Lipinski definition) is 1. The molecule has 116 valence electrons. The number of ether oxygens (including phenoxy) is 1. The lowest BCUT2D eigenvalue weighted by atomic mass is 10.1. The van der Waals surface area contributed by atoms with Crippen molar-refractivity contribution in [3.63, 3.8) is 0 Å². The monoisotopic (exact) mass is 285 g/mol. The Kier molecular flexibility index (Phi) is 5.99. The molecular formula is C15H27NO4. The predicted octanol–water partition coefficient (Wildman–Crippen LogP) is 2.01. The zero-order valence-corrected chi connectivity index (χ0v) is 13.0. The first-order chi connectivity index (χ1) is 9.29. The van der Waals surface area contributed by atoms with Gasteiger partial charge in [0.1, 0.15) is 0 Å². The molecule has 1 aliphatic carbocycles. The molecule has 1 N–H and O–H groups in total. The van der Waals surface area contributed by atoms with Crippen LogP contribution in [0.5, 0.6) is 0 Å². The van der Waals surface area contributed by atoms with Crippen molar-refractivity contribution in [2.75, 3.05) is 26.3 Å². The summed E-state index contributed by atoms with van der Waals surface area (Å²) < 4.78 is 5.28. The normalized spacial score (nSPS) is 21.3. The topological polar surface area (TPSA) is 66.8 Å². The summed E-state index contributed by atoms with van der Waals surface area (Å²) in [4.78, 5) is 25.1. The van der Waals surface area contributed by atoms with E-state index in [4.69, 9.17) is 9.84 Å². The summed E-state index contributed by atoms with van der Waals surface area (Å²) >= 11 is 0. The molecule has 0 radical (unpaired) electrons. The number of nitrogens with zero attached hydrogens (tertiary/aromatic N) is 1. The van der Waals surface area contributed by atoms with Crippen molar-refractivity contribution in [3.8, 4) is 0 Å². The van der Waals surface area contributed by atoms with Crippen molar-refractivity contribution >= 4 is 11.9 Å². The van der Waals surface area contributed by atoms with Crippen LogP contribution in [0.25, 0.3) is 0 Å². The molecule has 0 aromatic rings. The smallest absolute Gasteiger partial charge is 0.308 e. The van der Waals surface area contributed by atoms with Gasteiger partial charge in [0.25, 0.3) is 0 Å². The van der Waals surface area contributed by atoms with Crippen LogP contribution in [-0.2, 0) is 14.3 Å². The van der Waals surface area contributed by atoms with E-state index in [9.17, 15) is 9.59 Å².